The number of aryl methyl sites for hydroxylation is 2. The molecule has 1 saturated heterocycles. The highest BCUT2D eigenvalue weighted by Crippen LogP contribution is 2.40. The number of hydrogen-bond acceptors (Lipinski definition) is 3. The molecule has 4 nitrogen and oxygen atoms in total. The maximum absolute atomic E-state index is 13.2. The number of rotatable bonds is 2. The van der Waals surface area contributed by atoms with Crippen molar-refractivity contribution in [2.75, 3.05) is 19.6 Å². The summed E-state index contributed by atoms with van der Waals surface area (Å²) < 4.78 is 0. The van der Waals surface area contributed by atoms with Crippen molar-refractivity contribution in [2.24, 2.45) is 0 Å². The second-order valence-corrected chi connectivity index (χ2v) is 7.45. The van der Waals surface area contributed by atoms with Crippen LogP contribution in [-0.2, 0) is 0 Å². The standard InChI is InChI=1S/C20H25N3O.2ClH/c1-12-8-13(2)19-16(9-12)17(10-18(22-19)15-4-5-15)20(24)23-7-6-21-14(3)11-23;;/h8-10,14-15,21H,4-7,11H2,1-3H3;2*1H. The number of carbonyl (C=O) groups is 1. The predicted octanol–water partition coefficient (Wildman–Crippen LogP) is 4.01. The van der Waals surface area contributed by atoms with E-state index in [9.17, 15) is 4.79 Å². The third-order valence-corrected chi connectivity index (χ3v) is 5.15. The molecule has 142 valence electrons. The first-order chi connectivity index (χ1) is 11.5. The number of halogens is 2. The number of hydrogen-bond donors (Lipinski definition) is 1. The molecule has 26 heavy (non-hydrogen) atoms. The van der Waals surface area contributed by atoms with Gasteiger partial charge in [0.15, 0.2) is 0 Å². The maximum atomic E-state index is 13.2. The van der Waals surface area contributed by atoms with Gasteiger partial charge in [0.05, 0.1) is 11.1 Å². The Morgan fingerprint density at radius 2 is 1.92 bits per heavy atom. The van der Waals surface area contributed by atoms with Crippen molar-refractivity contribution in [3.8, 4) is 0 Å². The van der Waals surface area contributed by atoms with Gasteiger partial charge in [-0.15, -0.1) is 24.8 Å². The van der Waals surface area contributed by atoms with Crippen molar-refractivity contribution in [2.45, 2.75) is 45.6 Å². The van der Waals surface area contributed by atoms with Gasteiger partial charge in [-0.2, -0.15) is 0 Å². The van der Waals surface area contributed by atoms with Crippen LogP contribution in [0.15, 0.2) is 18.2 Å². The average molecular weight is 396 g/mol. The first kappa shape index (κ1) is 20.9. The van der Waals surface area contributed by atoms with Crippen molar-refractivity contribution in [1.82, 2.24) is 15.2 Å². The minimum Gasteiger partial charge on any atom is -0.336 e. The van der Waals surface area contributed by atoms with Gasteiger partial charge in [0.25, 0.3) is 5.91 Å². The quantitative estimate of drug-likeness (QED) is 0.835. The highest BCUT2D eigenvalue weighted by atomic mass is 35.5. The van der Waals surface area contributed by atoms with E-state index in [1.165, 1.54) is 18.4 Å². The van der Waals surface area contributed by atoms with E-state index in [1.54, 1.807) is 0 Å². The fourth-order valence-electron chi connectivity index (χ4n) is 3.75. The molecule has 1 N–H and O–H groups in total. The number of carbonyl (C=O) groups excluding carboxylic acids is 1. The molecule has 0 bridgehead atoms. The lowest BCUT2D eigenvalue weighted by Gasteiger charge is -2.32. The van der Waals surface area contributed by atoms with Crippen LogP contribution in [0.5, 0.6) is 0 Å². The van der Waals surface area contributed by atoms with Crippen molar-refractivity contribution in [3.05, 3.63) is 40.6 Å². The van der Waals surface area contributed by atoms with Crippen LogP contribution in [0.3, 0.4) is 0 Å². The second kappa shape index (κ2) is 8.12. The van der Waals surface area contributed by atoms with Gasteiger partial charge in [0.1, 0.15) is 0 Å². The van der Waals surface area contributed by atoms with E-state index in [0.29, 0.717) is 12.0 Å². The third kappa shape index (κ3) is 3.98. The van der Waals surface area contributed by atoms with E-state index >= 15 is 0 Å². The zero-order chi connectivity index (χ0) is 16.8. The van der Waals surface area contributed by atoms with Gasteiger partial charge in [-0.1, -0.05) is 11.6 Å². The number of piperazine rings is 1. The van der Waals surface area contributed by atoms with Gasteiger partial charge in [-0.25, -0.2) is 0 Å². The lowest BCUT2D eigenvalue weighted by atomic mass is 9.99. The van der Waals surface area contributed by atoms with Gasteiger partial charge in [-0.3, -0.25) is 9.78 Å². The lowest BCUT2D eigenvalue weighted by molar-refractivity contribution is 0.0711. The van der Waals surface area contributed by atoms with Gasteiger partial charge in [0, 0.05) is 42.7 Å². The largest absolute Gasteiger partial charge is 0.336 e. The molecule has 4 rings (SSSR count). The van der Waals surface area contributed by atoms with Gasteiger partial charge in [0.2, 0.25) is 0 Å². The fraction of sp³-hybridized carbons (Fsp3) is 0.500. The first-order valence-electron chi connectivity index (χ1n) is 8.97. The third-order valence-electron chi connectivity index (χ3n) is 5.15. The zero-order valence-corrected chi connectivity index (χ0v) is 17.2. The van der Waals surface area contributed by atoms with E-state index in [2.05, 4.69) is 44.3 Å². The second-order valence-electron chi connectivity index (χ2n) is 7.45. The summed E-state index contributed by atoms with van der Waals surface area (Å²) in [6.07, 6.45) is 2.39. The van der Waals surface area contributed by atoms with Crippen LogP contribution in [0, 0.1) is 13.8 Å². The topological polar surface area (TPSA) is 45.2 Å². The van der Waals surface area contributed by atoms with Gasteiger partial charge < -0.3 is 10.2 Å². The van der Waals surface area contributed by atoms with E-state index in [1.807, 2.05) is 4.90 Å². The summed E-state index contributed by atoms with van der Waals surface area (Å²) in [5.74, 6) is 0.700. The number of amides is 1. The normalized spacial score (nSPS) is 19.7. The summed E-state index contributed by atoms with van der Waals surface area (Å²) in [5.41, 5.74) is 5.28. The molecule has 0 radical (unpaired) electrons. The molecule has 2 heterocycles. The molecule has 1 aromatic carbocycles. The highest BCUT2D eigenvalue weighted by Gasteiger charge is 2.29. The number of nitrogens with one attached hydrogen (secondary N) is 1. The fourth-order valence-corrected chi connectivity index (χ4v) is 3.75. The maximum Gasteiger partial charge on any atom is 0.254 e. The Balaban J connectivity index is 0.00000121. The molecule has 1 unspecified atom stereocenters. The van der Waals surface area contributed by atoms with E-state index in [4.69, 9.17) is 4.98 Å². The average Bonchev–Trinajstić information content (AvgIpc) is 3.38. The van der Waals surface area contributed by atoms with Crippen molar-refractivity contribution < 1.29 is 4.79 Å². The minimum absolute atomic E-state index is 0. The molecule has 0 spiro atoms. The molecular weight excluding hydrogens is 369 g/mol. The number of pyridine rings is 1. The zero-order valence-electron chi connectivity index (χ0n) is 15.5. The molecule has 2 fully saturated rings. The smallest absolute Gasteiger partial charge is 0.254 e. The predicted molar refractivity (Wildman–Crippen MR) is 111 cm³/mol. The SMILES string of the molecule is Cc1cc(C)c2nc(C3CC3)cc(C(=O)N3CCNC(C)C3)c2c1.Cl.Cl. The summed E-state index contributed by atoms with van der Waals surface area (Å²) >= 11 is 0. The van der Waals surface area contributed by atoms with Crippen molar-refractivity contribution in [1.29, 1.82) is 0 Å². The number of benzene rings is 1. The monoisotopic (exact) mass is 395 g/mol. The molecule has 1 amide bonds. The molecule has 1 saturated carbocycles. The first-order valence-corrected chi connectivity index (χ1v) is 8.97. The Labute approximate surface area is 167 Å². The lowest BCUT2D eigenvalue weighted by Crippen LogP contribution is -2.51. The number of fused-ring (bicyclic) bond motifs is 1. The minimum atomic E-state index is 0. The summed E-state index contributed by atoms with van der Waals surface area (Å²) in [7, 11) is 0. The van der Waals surface area contributed by atoms with E-state index < -0.39 is 0 Å². The summed E-state index contributed by atoms with van der Waals surface area (Å²) in [6.45, 7) is 8.72. The van der Waals surface area contributed by atoms with Crippen LogP contribution in [0.4, 0.5) is 0 Å². The van der Waals surface area contributed by atoms with Crippen LogP contribution in [0.1, 0.15) is 52.9 Å². The van der Waals surface area contributed by atoms with Crippen molar-refractivity contribution >= 4 is 41.6 Å². The molecule has 1 aromatic heterocycles. The number of nitrogens with zero attached hydrogens (tertiary/aromatic N) is 2. The molecule has 1 aliphatic heterocycles. The Bertz CT molecular complexity index is 820. The summed E-state index contributed by atoms with van der Waals surface area (Å²) in [5, 5.41) is 4.41. The van der Waals surface area contributed by atoms with Gasteiger partial charge in [-0.05, 0) is 51.3 Å². The van der Waals surface area contributed by atoms with Crippen molar-refractivity contribution in [3.63, 3.8) is 0 Å². The van der Waals surface area contributed by atoms with Crippen LogP contribution >= 0.6 is 24.8 Å². The van der Waals surface area contributed by atoms with Crippen LogP contribution < -0.4 is 5.32 Å². The molecule has 6 heteroatoms. The number of aromatic nitrogens is 1. The van der Waals surface area contributed by atoms with E-state index in [0.717, 1.165) is 47.4 Å². The van der Waals surface area contributed by atoms with Crippen LogP contribution in [-0.4, -0.2) is 41.5 Å². The Morgan fingerprint density at radius 3 is 2.58 bits per heavy atom. The van der Waals surface area contributed by atoms with Crippen LogP contribution in [0.2, 0.25) is 0 Å². The summed E-state index contributed by atoms with van der Waals surface area (Å²) in [4.78, 5) is 20.1. The Hall–Kier alpha value is -1.36. The van der Waals surface area contributed by atoms with Gasteiger partial charge >= 0.3 is 0 Å². The Morgan fingerprint density at radius 1 is 1.19 bits per heavy atom. The molecule has 2 aliphatic rings. The molecule has 1 aliphatic carbocycles. The molecular formula is C20H27Cl2N3O. The summed E-state index contributed by atoms with van der Waals surface area (Å²) in [6, 6.07) is 6.69. The molecule has 2 aromatic rings. The molecule has 1 atom stereocenters. The van der Waals surface area contributed by atoms with Crippen LogP contribution in [0.25, 0.3) is 10.9 Å². The highest BCUT2D eigenvalue weighted by molar-refractivity contribution is 6.07. The Kier molecular flexibility index (Phi) is 6.54. The van der Waals surface area contributed by atoms with E-state index in [-0.39, 0.29) is 30.7 Å².